The lowest BCUT2D eigenvalue weighted by atomic mass is 10.1. The maximum atomic E-state index is 12.9. The molecule has 0 bridgehead atoms. The minimum atomic E-state index is -0.487. The standard InChI is InChI=1S/C23H23N5O4S2/c1-5-9-28-20(15-8-7-10-32-15)26-27-23(28)33-12-16(29)25-18-17-13(3)11-14(4)24-21(17)34-19(18)22(30)31-6-2/h5,7-8,10-11H,1,6,9,12H2,2-4H3,(H,25,29). The first-order valence-corrected chi connectivity index (χ1v) is 12.3. The maximum absolute atomic E-state index is 12.9. The van der Waals surface area contributed by atoms with Gasteiger partial charge in [0.15, 0.2) is 10.9 Å². The number of nitrogens with zero attached hydrogens (tertiary/aromatic N) is 4. The molecule has 0 saturated carbocycles. The molecule has 0 aliphatic carbocycles. The SMILES string of the molecule is C=CCn1c(SCC(=O)Nc2c(C(=O)OCC)sc3nc(C)cc(C)c23)nnc1-c1ccco1. The van der Waals surface area contributed by atoms with Gasteiger partial charge in [0.2, 0.25) is 11.7 Å². The highest BCUT2D eigenvalue weighted by molar-refractivity contribution is 7.99. The van der Waals surface area contributed by atoms with Gasteiger partial charge in [-0.15, -0.1) is 28.1 Å². The number of ether oxygens (including phenoxy) is 1. The number of rotatable bonds is 9. The normalized spacial score (nSPS) is 11.0. The molecule has 0 atom stereocenters. The molecule has 4 aromatic rings. The van der Waals surface area contributed by atoms with E-state index >= 15 is 0 Å². The summed E-state index contributed by atoms with van der Waals surface area (Å²) in [5.41, 5.74) is 2.19. The van der Waals surface area contributed by atoms with E-state index in [0.29, 0.717) is 38.7 Å². The van der Waals surface area contributed by atoms with Crippen LogP contribution in [-0.2, 0) is 16.1 Å². The summed E-state index contributed by atoms with van der Waals surface area (Å²) < 4.78 is 12.5. The number of carbonyl (C=O) groups is 2. The highest BCUT2D eigenvalue weighted by Crippen LogP contribution is 2.38. The molecule has 0 aliphatic rings. The van der Waals surface area contributed by atoms with E-state index in [4.69, 9.17) is 9.15 Å². The number of nitrogens with one attached hydrogen (secondary N) is 1. The van der Waals surface area contributed by atoms with Crippen LogP contribution in [0.25, 0.3) is 21.8 Å². The maximum Gasteiger partial charge on any atom is 0.350 e. The predicted molar refractivity (Wildman–Crippen MR) is 132 cm³/mol. The Kier molecular flexibility index (Phi) is 7.13. The summed E-state index contributed by atoms with van der Waals surface area (Å²) in [6.45, 7) is 10.0. The topological polar surface area (TPSA) is 112 Å². The Hall–Kier alpha value is -3.44. The van der Waals surface area contributed by atoms with E-state index in [2.05, 4.69) is 27.1 Å². The molecule has 176 valence electrons. The Morgan fingerprint density at radius 1 is 1.35 bits per heavy atom. The van der Waals surface area contributed by atoms with Crippen LogP contribution in [0.3, 0.4) is 0 Å². The van der Waals surface area contributed by atoms with E-state index < -0.39 is 5.97 Å². The molecule has 0 radical (unpaired) electrons. The van der Waals surface area contributed by atoms with Crippen molar-refractivity contribution in [3.8, 4) is 11.6 Å². The zero-order valence-corrected chi connectivity index (χ0v) is 20.6. The number of hydrogen-bond acceptors (Lipinski definition) is 9. The number of thioether (sulfide) groups is 1. The summed E-state index contributed by atoms with van der Waals surface area (Å²) in [6, 6.07) is 5.48. The summed E-state index contributed by atoms with van der Waals surface area (Å²) in [5.74, 6) is 0.416. The van der Waals surface area contributed by atoms with Crippen LogP contribution < -0.4 is 5.32 Å². The second-order valence-corrected chi connectivity index (χ2v) is 9.25. The van der Waals surface area contributed by atoms with Crippen molar-refractivity contribution < 1.29 is 18.7 Å². The molecule has 0 aromatic carbocycles. The van der Waals surface area contributed by atoms with Crippen LogP contribution in [0, 0.1) is 13.8 Å². The largest absolute Gasteiger partial charge is 0.462 e. The zero-order valence-electron chi connectivity index (χ0n) is 19.0. The van der Waals surface area contributed by atoms with Crippen LogP contribution in [0.4, 0.5) is 5.69 Å². The molecule has 4 rings (SSSR count). The van der Waals surface area contributed by atoms with Crippen molar-refractivity contribution >= 4 is 50.9 Å². The number of fused-ring (bicyclic) bond motifs is 1. The van der Waals surface area contributed by atoms with Gasteiger partial charge in [-0.3, -0.25) is 9.36 Å². The second-order valence-electron chi connectivity index (χ2n) is 7.31. The van der Waals surface area contributed by atoms with Crippen molar-refractivity contribution in [1.29, 1.82) is 0 Å². The average Bonchev–Trinajstić information content (AvgIpc) is 3.52. The Labute approximate surface area is 204 Å². The van der Waals surface area contributed by atoms with Crippen LogP contribution >= 0.6 is 23.1 Å². The lowest BCUT2D eigenvalue weighted by Gasteiger charge is -2.09. The van der Waals surface area contributed by atoms with E-state index in [1.54, 1.807) is 31.4 Å². The van der Waals surface area contributed by atoms with E-state index in [-0.39, 0.29) is 18.3 Å². The zero-order chi connectivity index (χ0) is 24.2. The second kappa shape index (κ2) is 10.2. The predicted octanol–water partition coefficient (Wildman–Crippen LogP) is 4.86. The number of anilines is 1. The lowest BCUT2D eigenvalue weighted by Crippen LogP contribution is -2.17. The molecule has 0 aliphatic heterocycles. The van der Waals surface area contributed by atoms with Gasteiger partial charge >= 0.3 is 5.97 Å². The van der Waals surface area contributed by atoms with E-state index in [1.165, 1.54) is 23.1 Å². The van der Waals surface area contributed by atoms with Crippen molar-refractivity contribution in [3.63, 3.8) is 0 Å². The number of amides is 1. The number of esters is 1. The van der Waals surface area contributed by atoms with Gasteiger partial charge in [-0.2, -0.15) is 0 Å². The van der Waals surface area contributed by atoms with E-state index in [1.807, 2.05) is 24.5 Å². The van der Waals surface area contributed by atoms with Crippen molar-refractivity contribution in [2.24, 2.45) is 0 Å². The van der Waals surface area contributed by atoms with Crippen molar-refractivity contribution in [2.75, 3.05) is 17.7 Å². The first-order chi connectivity index (χ1) is 16.4. The van der Waals surface area contributed by atoms with Crippen molar-refractivity contribution in [3.05, 3.63) is 53.3 Å². The highest BCUT2D eigenvalue weighted by atomic mass is 32.2. The van der Waals surface area contributed by atoms with Crippen LogP contribution in [0.5, 0.6) is 0 Å². The highest BCUT2D eigenvalue weighted by Gasteiger charge is 2.24. The van der Waals surface area contributed by atoms with Gasteiger partial charge in [0.1, 0.15) is 9.71 Å². The number of carbonyl (C=O) groups excluding carboxylic acids is 2. The fraction of sp³-hybridized carbons (Fsp3) is 0.261. The first kappa shape index (κ1) is 23.7. The van der Waals surface area contributed by atoms with Gasteiger partial charge in [0, 0.05) is 17.6 Å². The Balaban J connectivity index is 1.58. The summed E-state index contributed by atoms with van der Waals surface area (Å²) in [5, 5.41) is 12.6. The summed E-state index contributed by atoms with van der Waals surface area (Å²) in [6.07, 6.45) is 3.29. The van der Waals surface area contributed by atoms with Gasteiger partial charge in [0.25, 0.3) is 0 Å². The molecule has 34 heavy (non-hydrogen) atoms. The number of thiophene rings is 1. The molecular weight excluding hydrogens is 474 g/mol. The Morgan fingerprint density at radius 3 is 2.88 bits per heavy atom. The molecule has 1 N–H and O–H groups in total. The number of allylic oxidation sites excluding steroid dienone is 1. The van der Waals surface area contributed by atoms with Gasteiger partial charge < -0.3 is 14.5 Å². The van der Waals surface area contributed by atoms with Crippen molar-refractivity contribution in [2.45, 2.75) is 32.5 Å². The molecule has 11 heteroatoms. The van der Waals surface area contributed by atoms with E-state index in [0.717, 1.165) is 16.6 Å². The third-order valence-corrected chi connectivity index (χ3v) is 6.85. The summed E-state index contributed by atoms with van der Waals surface area (Å²) >= 11 is 2.44. The molecule has 1 amide bonds. The van der Waals surface area contributed by atoms with Gasteiger partial charge in [-0.05, 0) is 44.5 Å². The Morgan fingerprint density at radius 2 is 2.18 bits per heavy atom. The van der Waals surface area contributed by atoms with Gasteiger partial charge in [-0.1, -0.05) is 17.8 Å². The van der Waals surface area contributed by atoms with Crippen molar-refractivity contribution in [1.82, 2.24) is 19.7 Å². The number of pyridine rings is 1. The molecule has 4 heterocycles. The van der Waals surface area contributed by atoms with E-state index in [9.17, 15) is 9.59 Å². The minimum absolute atomic E-state index is 0.0609. The third kappa shape index (κ3) is 4.75. The molecule has 0 unspecified atom stereocenters. The molecule has 0 saturated heterocycles. The summed E-state index contributed by atoms with van der Waals surface area (Å²) in [4.78, 5) is 31.1. The fourth-order valence-electron chi connectivity index (χ4n) is 3.48. The van der Waals surface area contributed by atoms with Crippen LogP contribution in [0.15, 0.2) is 46.7 Å². The lowest BCUT2D eigenvalue weighted by molar-refractivity contribution is -0.113. The van der Waals surface area contributed by atoms with Gasteiger partial charge in [-0.25, -0.2) is 9.78 Å². The summed E-state index contributed by atoms with van der Waals surface area (Å²) in [7, 11) is 0. The minimum Gasteiger partial charge on any atom is -0.462 e. The Bertz CT molecular complexity index is 1360. The smallest absolute Gasteiger partial charge is 0.350 e. The number of aryl methyl sites for hydroxylation is 2. The number of aromatic nitrogens is 4. The molecular formula is C23H23N5O4S2. The average molecular weight is 498 g/mol. The fourth-order valence-corrected chi connectivity index (χ4v) is 5.38. The molecule has 0 spiro atoms. The number of hydrogen-bond donors (Lipinski definition) is 1. The molecule has 9 nitrogen and oxygen atoms in total. The first-order valence-electron chi connectivity index (χ1n) is 10.5. The van der Waals surface area contributed by atoms with Gasteiger partial charge in [0.05, 0.1) is 24.3 Å². The van der Waals surface area contributed by atoms with Crippen LogP contribution in [0.2, 0.25) is 0 Å². The van der Waals surface area contributed by atoms with Crippen LogP contribution in [0.1, 0.15) is 27.9 Å². The number of furan rings is 1. The molecule has 4 aromatic heterocycles. The quantitative estimate of drug-likeness (QED) is 0.198. The third-order valence-electron chi connectivity index (χ3n) is 4.81. The van der Waals surface area contributed by atoms with Crippen LogP contribution in [-0.4, -0.2) is 44.0 Å². The monoisotopic (exact) mass is 497 g/mol. The molecule has 0 fully saturated rings.